The molecule has 0 aromatic heterocycles. The summed E-state index contributed by atoms with van der Waals surface area (Å²) in [4.78, 5) is 38.2. The standard InChI is InChI=1S/C21H21ClFN3O4/c1-12-3-6-14(7-4-12)21(2)19(29)26(20(30)25-21)11-18(28)24-10-17(27)13-5-8-15(22)16(23)9-13/h3-9,17,27H,10-11H2,1-2H3,(H,24,28)(H,25,30). The molecule has 2 aromatic carbocycles. The van der Waals surface area contributed by atoms with Gasteiger partial charge in [0, 0.05) is 6.54 Å². The first kappa shape index (κ1) is 21.7. The fourth-order valence-corrected chi connectivity index (χ4v) is 3.29. The lowest BCUT2D eigenvalue weighted by Crippen LogP contribution is -2.43. The molecule has 30 heavy (non-hydrogen) atoms. The highest BCUT2D eigenvalue weighted by Gasteiger charge is 2.49. The van der Waals surface area contributed by atoms with Crippen molar-refractivity contribution in [3.63, 3.8) is 0 Å². The highest BCUT2D eigenvalue weighted by molar-refractivity contribution is 6.30. The fraction of sp³-hybridized carbons (Fsp3) is 0.286. The molecule has 1 aliphatic heterocycles. The lowest BCUT2D eigenvalue weighted by Gasteiger charge is -2.22. The van der Waals surface area contributed by atoms with Crippen molar-refractivity contribution in [2.24, 2.45) is 0 Å². The minimum Gasteiger partial charge on any atom is -0.387 e. The number of halogens is 2. The highest BCUT2D eigenvalue weighted by atomic mass is 35.5. The zero-order valence-electron chi connectivity index (χ0n) is 16.4. The van der Waals surface area contributed by atoms with E-state index >= 15 is 0 Å². The number of amides is 4. The Hall–Kier alpha value is -2.97. The van der Waals surface area contributed by atoms with Crippen molar-refractivity contribution >= 4 is 29.4 Å². The van der Waals surface area contributed by atoms with E-state index in [4.69, 9.17) is 11.6 Å². The van der Waals surface area contributed by atoms with Crippen molar-refractivity contribution in [2.75, 3.05) is 13.1 Å². The molecule has 0 bridgehead atoms. The van der Waals surface area contributed by atoms with Crippen molar-refractivity contribution in [1.29, 1.82) is 0 Å². The molecule has 9 heteroatoms. The second-order valence-corrected chi connectivity index (χ2v) is 7.71. The van der Waals surface area contributed by atoms with Crippen LogP contribution in [0, 0.1) is 12.7 Å². The number of nitrogens with one attached hydrogen (secondary N) is 2. The molecule has 2 aromatic rings. The number of aliphatic hydroxyl groups excluding tert-OH is 1. The smallest absolute Gasteiger partial charge is 0.325 e. The first-order chi connectivity index (χ1) is 14.1. The third-order valence-corrected chi connectivity index (χ3v) is 5.33. The van der Waals surface area contributed by atoms with Crippen LogP contribution in [-0.2, 0) is 15.1 Å². The number of urea groups is 1. The van der Waals surface area contributed by atoms with E-state index in [9.17, 15) is 23.9 Å². The van der Waals surface area contributed by atoms with Gasteiger partial charge in [0.15, 0.2) is 0 Å². The van der Waals surface area contributed by atoms with Crippen LogP contribution in [0.15, 0.2) is 42.5 Å². The number of carbonyl (C=O) groups excluding carboxylic acids is 3. The van der Waals surface area contributed by atoms with Gasteiger partial charge in [0.05, 0.1) is 11.1 Å². The van der Waals surface area contributed by atoms with Crippen molar-refractivity contribution in [2.45, 2.75) is 25.5 Å². The van der Waals surface area contributed by atoms with Crippen molar-refractivity contribution in [3.8, 4) is 0 Å². The Bertz CT molecular complexity index is 998. The first-order valence-electron chi connectivity index (χ1n) is 9.23. The zero-order chi connectivity index (χ0) is 22.1. The number of nitrogens with zero attached hydrogens (tertiary/aromatic N) is 1. The van der Waals surface area contributed by atoms with Crippen molar-refractivity contribution in [1.82, 2.24) is 15.5 Å². The van der Waals surface area contributed by atoms with E-state index in [1.165, 1.54) is 12.1 Å². The number of aryl methyl sites for hydroxylation is 1. The molecule has 1 fully saturated rings. The maximum atomic E-state index is 13.5. The van der Waals surface area contributed by atoms with E-state index in [0.29, 0.717) is 5.56 Å². The Labute approximate surface area is 177 Å². The molecule has 1 aliphatic rings. The Morgan fingerprint density at radius 3 is 2.57 bits per heavy atom. The second-order valence-electron chi connectivity index (χ2n) is 7.31. The van der Waals surface area contributed by atoms with E-state index in [1.807, 2.05) is 19.1 Å². The van der Waals surface area contributed by atoms with Gasteiger partial charge in [-0.05, 0) is 37.1 Å². The number of benzene rings is 2. The summed E-state index contributed by atoms with van der Waals surface area (Å²) in [5.74, 6) is -1.87. The summed E-state index contributed by atoms with van der Waals surface area (Å²) in [5.41, 5.74) is 0.578. The van der Waals surface area contributed by atoms with Crippen LogP contribution >= 0.6 is 11.6 Å². The molecule has 158 valence electrons. The van der Waals surface area contributed by atoms with E-state index < -0.39 is 41.9 Å². The zero-order valence-corrected chi connectivity index (χ0v) is 17.2. The SMILES string of the molecule is Cc1ccc(C2(C)NC(=O)N(CC(=O)NCC(O)c3ccc(Cl)c(F)c3)C2=O)cc1. The summed E-state index contributed by atoms with van der Waals surface area (Å²) in [6, 6.07) is 10.3. The molecule has 3 N–H and O–H groups in total. The minimum absolute atomic E-state index is 0.0785. The van der Waals surface area contributed by atoms with Gasteiger partial charge in [-0.2, -0.15) is 0 Å². The molecular formula is C21H21ClFN3O4. The molecule has 1 saturated heterocycles. The quantitative estimate of drug-likeness (QED) is 0.609. The number of rotatable bonds is 6. The molecule has 7 nitrogen and oxygen atoms in total. The highest BCUT2D eigenvalue weighted by Crippen LogP contribution is 2.29. The molecule has 0 radical (unpaired) electrons. The van der Waals surface area contributed by atoms with Crippen LogP contribution in [0.25, 0.3) is 0 Å². The van der Waals surface area contributed by atoms with Gasteiger partial charge < -0.3 is 15.7 Å². The van der Waals surface area contributed by atoms with E-state index in [0.717, 1.165) is 16.5 Å². The Morgan fingerprint density at radius 1 is 1.27 bits per heavy atom. The fourth-order valence-electron chi connectivity index (χ4n) is 3.17. The Balaban J connectivity index is 1.62. The number of hydrogen-bond donors (Lipinski definition) is 3. The maximum absolute atomic E-state index is 13.5. The van der Waals surface area contributed by atoms with Gasteiger partial charge in [-0.15, -0.1) is 0 Å². The minimum atomic E-state index is -1.27. The molecule has 2 atom stereocenters. The van der Waals surface area contributed by atoms with Crippen LogP contribution < -0.4 is 10.6 Å². The topological polar surface area (TPSA) is 98.7 Å². The average molecular weight is 434 g/mol. The summed E-state index contributed by atoms with van der Waals surface area (Å²) >= 11 is 5.61. The van der Waals surface area contributed by atoms with Gasteiger partial charge in [0.1, 0.15) is 17.9 Å². The molecule has 0 saturated carbocycles. The molecule has 4 amide bonds. The number of aliphatic hydroxyl groups is 1. The second kappa shape index (κ2) is 8.41. The van der Waals surface area contributed by atoms with Gasteiger partial charge in [0.2, 0.25) is 5.91 Å². The first-order valence-corrected chi connectivity index (χ1v) is 9.60. The van der Waals surface area contributed by atoms with Gasteiger partial charge in [0.25, 0.3) is 5.91 Å². The number of imide groups is 1. The van der Waals surface area contributed by atoms with E-state index in [2.05, 4.69) is 10.6 Å². The monoisotopic (exact) mass is 433 g/mol. The largest absolute Gasteiger partial charge is 0.387 e. The third kappa shape index (κ3) is 4.29. The average Bonchev–Trinajstić information content (AvgIpc) is 2.92. The number of hydrogen-bond acceptors (Lipinski definition) is 4. The predicted octanol–water partition coefficient (Wildman–Crippen LogP) is 2.40. The lowest BCUT2D eigenvalue weighted by atomic mass is 9.91. The summed E-state index contributed by atoms with van der Waals surface area (Å²) < 4.78 is 13.5. The van der Waals surface area contributed by atoms with Gasteiger partial charge in [-0.3, -0.25) is 14.5 Å². The maximum Gasteiger partial charge on any atom is 0.325 e. The van der Waals surface area contributed by atoms with Crippen LogP contribution in [0.5, 0.6) is 0 Å². The van der Waals surface area contributed by atoms with Crippen LogP contribution in [0.3, 0.4) is 0 Å². The molecule has 3 rings (SSSR count). The van der Waals surface area contributed by atoms with Gasteiger partial charge in [-0.25, -0.2) is 9.18 Å². The molecule has 2 unspecified atom stereocenters. The van der Waals surface area contributed by atoms with Gasteiger partial charge >= 0.3 is 6.03 Å². The summed E-state index contributed by atoms with van der Waals surface area (Å²) in [7, 11) is 0. The normalized spacial score (nSPS) is 19.6. The van der Waals surface area contributed by atoms with Crippen molar-refractivity contribution in [3.05, 3.63) is 70.0 Å². The predicted molar refractivity (Wildman–Crippen MR) is 108 cm³/mol. The Morgan fingerprint density at radius 2 is 1.93 bits per heavy atom. The molecule has 1 heterocycles. The van der Waals surface area contributed by atoms with Crippen LogP contribution in [0.4, 0.5) is 9.18 Å². The summed E-state index contributed by atoms with van der Waals surface area (Å²) in [5, 5.41) is 15.1. The number of carbonyl (C=O) groups is 3. The Kier molecular flexibility index (Phi) is 6.09. The van der Waals surface area contributed by atoms with Crippen LogP contribution in [0.1, 0.15) is 29.7 Å². The van der Waals surface area contributed by atoms with E-state index in [-0.39, 0.29) is 17.1 Å². The van der Waals surface area contributed by atoms with Gasteiger partial charge in [-0.1, -0.05) is 47.5 Å². The van der Waals surface area contributed by atoms with Crippen molar-refractivity contribution < 1.29 is 23.9 Å². The van der Waals surface area contributed by atoms with Crippen LogP contribution in [0.2, 0.25) is 5.02 Å². The third-order valence-electron chi connectivity index (χ3n) is 5.03. The molecule has 0 spiro atoms. The lowest BCUT2D eigenvalue weighted by molar-refractivity contribution is -0.134. The molecule has 0 aliphatic carbocycles. The van der Waals surface area contributed by atoms with Crippen LogP contribution in [-0.4, -0.2) is 40.9 Å². The summed E-state index contributed by atoms with van der Waals surface area (Å²) in [6.45, 7) is 2.76. The van der Waals surface area contributed by atoms with E-state index in [1.54, 1.807) is 19.1 Å². The summed E-state index contributed by atoms with van der Waals surface area (Å²) in [6.07, 6.45) is -1.18. The molecular weight excluding hydrogens is 413 g/mol.